The van der Waals surface area contributed by atoms with Gasteiger partial charge >= 0.3 is 0 Å². The van der Waals surface area contributed by atoms with Gasteiger partial charge in [-0.1, -0.05) is 35.0 Å². The topological polar surface area (TPSA) is 12.0 Å². The van der Waals surface area contributed by atoms with E-state index in [2.05, 4.69) is 78.4 Å². The summed E-state index contributed by atoms with van der Waals surface area (Å²) in [6, 6.07) is 13.7. The summed E-state index contributed by atoms with van der Waals surface area (Å²) in [6.45, 7) is 6.66. The first-order valence-corrected chi connectivity index (χ1v) is 8.31. The Labute approximate surface area is 128 Å². The maximum atomic E-state index is 3.67. The fraction of sp³-hybridized carbons (Fsp3) is 0.375. The van der Waals surface area contributed by atoms with Crippen molar-refractivity contribution >= 4 is 27.3 Å². The van der Waals surface area contributed by atoms with Crippen LogP contribution in [-0.2, 0) is 6.42 Å². The lowest BCUT2D eigenvalue weighted by atomic mass is 10.1. The van der Waals surface area contributed by atoms with Crippen molar-refractivity contribution in [2.24, 2.45) is 0 Å². The largest absolute Gasteiger partial charge is 0.303 e. The van der Waals surface area contributed by atoms with Crippen LogP contribution in [0.3, 0.4) is 0 Å². The molecule has 0 amide bonds. The normalized spacial score (nSPS) is 14.3. The molecule has 0 saturated carbocycles. The van der Waals surface area contributed by atoms with Gasteiger partial charge in [0.05, 0.1) is 0 Å². The highest BCUT2D eigenvalue weighted by Crippen LogP contribution is 2.26. The average Bonchev–Trinajstić information content (AvgIpc) is 2.87. The van der Waals surface area contributed by atoms with E-state index in [0.29, 0.717) is 12.1 Å². The van der Waals surface area contributed by atoms with Gasteiger partial charge < -0.3 is 5.32 Å². The Balaban J connectivity index is 2.03. The second kappa shape index (κ2) is 6.69. The van der Waals surface area contributed by atoms with Crippen molar-refractivity contribution in [1.82, 2.24) is 5.32 Å². The van der Waals surface area contributed by atoms with E-state index in [-0.39, 0.29) is 0 Å². The molecule has 0 aliphatic heterocycles. The smallest absolute Gasteiger partial charge is 0.0391 e. The van der Waals surface area contributed by atoms with E-state index in [9.17, 15) is 0 Å². The molecule has 0 aliphatic carbocycles. The van der Waals surface area contributed by atoms with Gasteiger partial charge in [-0.25, -0.2) is 0 Å². The van der Waals surface area contributed by atoms with E-state index < -0.39 is 0 Å². The summed E-state index contributed by atoms with van der Waals surface area (Å²) < 4.78 is 1.13. The molecule has 1 heterocycles. The lowest BCUT2D eigenvalue weighted by molar-refractivity contribution is 0.500. The molecule has 0 saturated heterocycles. The first-order chi connectivity index (χ1) is 9.10. The van der Waals surface area contributed by atoms with Crippen molar-refractivity contribution in [1.29, 1.82) is 0 Å². The van der Waals surface area contributed by atoms with Crippen LogP contribution >= 0.6 is 27.3 Å². The molecule has 0 radical (unpaired) electrons. The Morgan fingerprint density at radius 1 is 1.16 bits per heavy atom. The van der Waals surface area contributed by atoms with Gasteiger partial charge in [-0.15, -0.1) is 11.3 Å². The first kappa shape index (κ1) is 14.8. The quantitative estimate of drug-likeness (QED) is 0.761. The van der Waals surface area contributed by atoms with Crippen LogP contribution in [0.15, 0.2) is 40.9 Å². The van der Waals surface area contributed by atoms with Gasteiger partial charge in [0.1, 0.15) is 0 Å². The van der Waals surface area contributed by atoms with Gasteiger partial charge in [0, 0.05) is 26.3 Å². The maximum Gasteiger partial charge on any atom is 0.0391 e. The van der Waals surface area contributed by atoms with Crippen molar-refractivity contribution in [2.45, 2.75) is 39.3 Å². The summed E-state index contributed by atoms with van der Waals surface area (Å²) >= 11 is 5.44. The summed E-state index contributed by atoms with van der Waals surface area (Å²) in [4.78, 5) is 2.87. The highest BCUT2D eigenvalue weighted by Gasteiger charge is 2.12. The number of thiophene rings is 1. The molecule has 1 unspecified atom stereocenters. The Morgan fingerprint density at radius 3 is 2.58 bits per heavy atom. The third-order valence-corrected chi connectivity index (χ3v) is 5.21. The van der Waals surface area contributed by atoms with Crippen LogP contribution in [-0.4, -0.2) is 0 Å². The van der Waals surface area contributed by atoms with Gasteiger partial charge in [0.2, 0.25) is 0 Å². The van der Waals surface area contributed by atoms with E-state index in [0.717, 1.165) is 10.9 Å². The number of halogens is 1. The van der Waals surface area contributed by atoms with Gasteiger partial charge in [-0.05, 0) is 50.1 Å². The Bertz CT molecular complexity index is 535. The van der Waals surface area contributed by atoms with Gasteiger partial charge in [0.15, 0.2) is 0 Å². The SMILES string of the molecule is CCc1ccc(C(C)N[C@@H](C)c2cccc(Br)c2)s1. The highest BCUT2D eigenvalue weighted by atomic mass is 79.9. The van der Waals surface area contributed by atoms with Crippen molar-refractivity contribution in [3.05, 3.63) is 56.2 Å². The van der Waals surface area contributed by atoms with Crippen molar-refractivity contribution in [3.8, 4) is 0 Å². The molecule has 2 rings (SSSR count). The van der Waals surface area contributed by atoms with E-state index in [4.69, 9.17) is 0 Å². The Kier molecular flexibility index (Phi) is 5.20. The molecule has 0 fully saturated rings. The zero-order valence-electron chi connectivity index (χ0n) is 11.6. The maximum absolute atomic E-state index is 3.67. The molecule has 0 aliphatic rings. The van der Waals surface area contributed by atoms with Gasteiger partial charge in [-0.3, -0.25) is 0 Å². The first-order valence-electron chi connectivity index (χ1n) is 6.70. The van der Waals surface area contributed by atoms with Gasteiger partial charge in [0.25, 0.3) is 0 Å². The predicted octanol–water partition coefficient (Wildman–Crippen LogP) is 5.48. The molecular weight excluding hydrogens is 318 g/mol. The van der Waals surface area contributed by atoms with Crippen LogP contribution in [0.2, 0.25) is 0 Å². The molecule has 1 nitrogen and oxygen atoms in total. The number of hydrogen-bond donors (Lipinski definition) is 1. The summed E-state index contributed by atoms with van der Waals surface area (Å²) in [7, 11) is 0. The van der Waals surface area contributed by atoms with Crippen LogP contribution < -0.4 is 5.32 Å². The molecule has 0 bridgehead atoms. The molecule has 1 aromatic heterocycles. The summed E-state index contributed by atoms with van der Waals surface area (Å²) in [5.41, 5.74) is 1.31. The zero-order chi connectivity index (χ0) is 13.8. The van der Waals surface area contributed by atoms with Crippen LogP contribution in [0.4, 0.5) is 0 Å². The standard InChI is InChI=1S/C16H20BrNS/c1-4-15-8-9-16(19-15)12(3)18-11(2)13-6-5-7-14(17)10-13/h5-12,18H,4H2,1-3H3/t11-,12?/m0/s1. The molecule has 3 heteroatoms. The fourth-order valence-electron chi connectivity index (χ4n) is 2.15. The van der Waals surface area contributed by atoms with Gasteiger partial charge in [-0.2, -0.15) is 0 Å². The van der Waals surface area contributed by atoms with E-state index in [1.54, 1.807) is 0 Å². The van der Waals surface area contributed by atoms with E-state index in [1.807, 2.05) is 11.3 Å². The number of aryl methyl sites for hydroxylation is 1. The monoisotopic (exact) mass is 337 g/mol. The van der Waals surface area contributed by atoms with Crippen LogP contribution in [0.5, 0.6) is 0 Å². The lowest BCUT2D eigenvalue weighted by Crippen LogP contribution is -2.21. The summed E-state index contributed by atoms with van der Waals surface area (Å²) in [6.07, 6.45) is 1.12. The Morgan fingerprint density at radius 2 is 1.95 bits per heavy atom. The molecule has 2 aromatic rings. The van der Waals surface area contributed by atoms with Crippen LogP contribution in [0.1, 0.15) is 48.2 Å². The number of nitrogens with one attached hydrogen (secondary N) is 1. The van der Waals surface area contributed by atoms with Crippen molar-refractivity contribution in [2.75, 3.05) is 0 Å². The second-order valence-corrected chi connectivity index (χ2v) is 6.94. The minimum Gasteiger partial charge on any atom is -0.303 e. The van der Waals surface area contributed by atoms with Crippen molar-refractivity contribution in [3.63, 3.8) is 0 Å². The minimum absolute atomic E-state index is 0.347. The molecular formula is C16H20BrNS. The number of rotatable bonds is 5. The lowest BCUT2D eigenvalue weighted by Gasteiger charge is -2.19. The zero-order valence-corrected chi connectivity index (χ0v) is 14.0. The van der Waals surface area contributed by atoms with E-state index in [1.165, 1.54) is 15.3 Å². The highest BCUT2D eigenvalue weighted by molar-refractivity contribution is 9.10. The van der Waals surface area contributed by atoms with E-state index >= 15 is 0 Å². The summed E-state index contributed by atoms with van der Waals surface area (Å²) in [5, 5.41) is 3.67. The number of hydrogen-bond acceptors (Lipinski definition) is 2. The van der Waals surface area contributed by atoms with Crippen LogP contribution in [0.25, 0.3) is 0 Å². The minimum atomic E-state index is 0.347. The second-order valence-electron chi connectivity index (χ2n) is 4.82. The summed E-state index contributed by atoms with van der Waals surface area (Å²) in [5.74, 6) is 0. The molecule has 1 aromatic carbocycles. The molecule has 19 heavy (non-hydrogen) atoms. The fourth-order valence-corrected chi connectivity index (χ4v) is 3.53. The molecule has 0 spiro atoms. The third kappa shape index (κ3) is 3.91. The number of benzene rings is 1. The Hall–Kier alpha value is -0.640. The molecule has 102 valence electrons. The third-order valence-electron chi connectivity index (χ3n) is 3.31. The average molecular weight is 338 g/mol. The predicted molar refractivity (Wildman–Crippen MR) is 87.8 cm³/mol. The molecule has 1 N–H and O–H groups in total. The molecule has 2 atom stereocenters. The van der Waals surface area contributed by atoms with Crippen LogP contribution in [0, 0.1) is 0 Å². The van der Waals surface area contributed by atoms with Crippen molar-refractivity contribution < 1.29 is 0 Å².